The Morgan fingerprint density at radius 2 is 1.89 bits per heavy atom. The minimum Gasteiger partial charge on any atom is -0.319 e. The molecule has 2 nitrogen and oxygen atoms in total. The van der Waals surface area contributed by atoms with E-state index in [4.69, 9.17) is 0 Å². The topological polar surface area (TPSA) is 24.1 Å². The highest BCUT2D eigenvalue weighted by atomic mass is 14.9. The molecule has 0 radical (unpaired) electrons. The van der Waals surface area contributed by atoms with E-state index in [1.807, 2.05) is 7.05 Å². The average molecular weight is 246 g/mol. The molecule has 0 saturated heterocycles. The number of hydrogen-bond acceptors (Lipinski definition) is 2. The number of benzene rings is 1. The van der Waals surface area contributed by atoms with E-state index >= 15 is 0 Å². The highest BCUT2D eigenvalue weighted by molar-refractivity contribution is 5.27. The molecule has 2 heteroatoms. The first-order valence-corrected chi connectivity index (χ1v) is 7.05. The van der Waals surface area contributed by atoms with Gasteiger partial charge in [0.25, 0.3) is 0 Å². The molecule has 1 fully saturated rings. The van der Waals surface area contributed by atoms with Crippen molar-refractivity contribution in [2.75, 3.05) is 20.1 Å². The lowest BCUT2D eigenvalue weighted by atomic mass is 10.0. The van der Waals surface area contributed by atoms with Crippen LogP contribution in [-0.4, -0.2) is 20.1 Å². The van der Waals surface area contributed by atoms with Crippen LogP contribution in [0.1, 0.15) is 31.4 Å². The molecule has 0 heterocycles. The van der Waals surface area contributed by atoms with Gasteiger partial charge >= 0.3 is 0 Å². The minimum absolute atomic E-state index is 0.582. The Bertz CT molecular complexity index is 384. The summed E-state index contributed by atoms with van der Waals surface area (Å²) in [6, 6.07) is 8.77. The fourth-order valence-electron chi connectivity index (χ4n) is 2.54. The van der Waals surface area contributed by atoms with E-state index in [2.05, 4.69) is 48.7 Å². The van der Waals surface area contributed by atoms with Gasteiger partial charge in [-0.1, -0.05) is 38.1 Å². The van der Waals surface area contributed by atoms with Crippen LogP contribution in [0.4, 0.5) is 0 Å². The van der Waals surface area contributed by atoms with Crippen LogP contribution in [0.25, 0.3) is 0 Å². The van der Waals surface area contributed by atoms with Crippen LogP contribution in [0.5, 0.6) is 0 Å². The van der Waals surface area contributed by atoms with Crippen LogP contribution in [0.15, 0.2) is 24.3 Å². The summed E-state index contributed by atoms with van der Waals surface area (Å²) in [6.45, 7) is 7.94. The number of nitrogens with one attached hydrogen (secondary N) is 2. The van der Waals surface area contributed by atoms with Crippen LogP contribution in [0.3, 0.4) is 0 Å². The molecule has 1 saturated carbocycles. The zero-order valence-corrected chi connectivity index (χ0v) is 11.9. The van der Waals surface area contributed by atoms with Crippen molar-refractivity contribution in [3.05, 3.63) is 35.4 Å². The van der Waals surface area contributed by atoms with Crippen LogP contribution in [0, 0.1) is 11.3 Å². The molecule has 18 heavy (non-hydrogen) atoms. The van der Waals surface area contributed by atoms with Crippen molar-refractivity contribution < 1.29 is 0 Å². The molecule has 0 aliphatic heterocycles. The standard InChI is InChI=1S/C16H26N2/c1-16(2)10-15(16)12-18-11-14-7-5-4-6-13(14)8-9-17-3/h4-7,15,17-18H,8-12H2,1-3H3. The molecule has 0 amide bonds. The van der Waals surface area contributed by atoms with E-state index in [0.717, 1.165) is 32.0 Å². The molecule has 100 valence electrons. The fourth-order valence-corrected chi connectivity index (χ4v) is 2.54. The lowest BCUT2D eigenvalue weighted by Gasteiger charge is -2.11. The third-order valence-corrected chi connectivity index (χ3v) is 4.19. The summed E-state index contributed by atoms with van der Waals surface area (Å²) in [6.07, 6.45) is 2.49. The maximum atomic E-state index is 3.62. The van der Waals surface area contributed by atoms with Crippen molar-refractivity contribution >= 4 is 0 Å². The van der Waals surface area contributed by atoms with E-state index in [9.17, 15) is 0 Å². The molecular weight excluding hydrogens is 220 g/mol. The highest BCUT2D eigenvalue weighted by Gasteiger charge is 2.44. The van der Waals surface area contributed by atoms with Crippen LogP contribution >= 0.6 is 0 Å². The van der Waals surface area contributed by atoms with Gasteiger partial charge in [-0.2, -0.15) is 0 Å². The normalized spacial score (nSPS) is 20.9. The van der Waals surface area contributed by atoms with E-state index in [1.54, 1.807) is 0 Å². The lowest BCUT2D eigenvalue weighted by Crippen LogP contribution is -2.19. The quantitative estimate of drug-likeness (QED) is 0.773. The second kappa shape index (κ2) is 5.85. The van der Waals surface area contributed by atoms with Gasteiger partial charge in [-0.05, 0) is 55.4 Å². The van der Waals surface area contributed by atoms with Crippen LogP contribution in [-0.2, 0) is 13.0 Å². The van der Waals surface area contributed by atoms with E-state index in [1.165, 1.54) is 17.5 Å². The second-order valence-corrected chi connectivity index (χ2v) is 6.14. The predicted molar refractivity (Wildman–Crippen MR) is 77.7 cm³/mol. The van der Waals surface area contributed by atoms with Crippen LogP contribution in [0.2, 0.25) is 0 Å². The predicted octanol–water partition coefficient (Wildman–Crippen LogP) is 2.58. The molecular formula is C16H26N2. The van der Waals surface area contributed by atoms with Crippen LogP contribution < -0.4 is 10.6 Å². The molecule has 0 bridgehead atoms. The third kappa shape index (κ3) is 3.56. The summed E-state index contributed by atoms with van der Waals surface area (Å²) in [5, 5.41) is 6.83. The Morgan fingerprint density at radius 3 is 2.50 bits per heavy atom. The maximum absolute atomic E-state index is 3.62. The molecule has 1 aromatic rings. The zero-order chi connectivity index (χ0) is 13.0. The second-order valence-electron chi connectivity index (χ2n) is 6.14. The van der Waals surface area contributed by atoms with Gasteiger partial charge in [-0.15, -0.1) is 0 Å². The summed E-state index contributed by atoms with van der Waals surface area (Å²) < 4.78 is 0. The molecule has 1 aromatic carbocycles. The van der Waals surface area contributed by atoms with Crippen molar-refractivity contribution in [3.63, 3.8) is 0 Å². The fraction of sp³-hybridized carbons (Fsp3) is 0.625. The Morgan fingerprint density at radius 1 is 1.22 bits per heavy atom. The summed E-state index contributed by atoms with van der Waals surface area (Å²) in [4.78, 5) is 0. The van der Waals surface area contributed by atoms with Gasteiger partial charge in [0.1, 0.15) is 0 Å². The Kier molecular flexibility index (Phi) is 4.41. The molecule has 2 rings (SSSR count). The summed E-state index contributed by atoms with van der Waals surface area (Å²) >= 11 is 0. The smallest absolute Gasteiger partial charge is 0.0208 e. The van der Waals surface area contributed by atoms with Crippen molar-refractivity contribution in [2.45, 2.75) is 33.2 Å². The monoisotopic (exact) mass is 246 g/mol. The number of likely N-dealkylation sites (N-methyl/N-ethyl adjacent to an activating group) is 1. The van der Waals surface area contributed by atoms with Gasteiger partial charge < -0.3 is 10.6 Å². The Hall–Kier alpha value is -0.860. The zero-order valence-electron chi connectivity index (χ0n) is 11.9. The first-order chi connectivity index (χ1) is 8.63. The first kappa shape index (κ1) is 13.6. The Balaban J connectivity index is 1.81. The number of hydrogen-bond donors (Lipinski definition) is 2. The minimum atomic E-state index is 0.582. The molecule has 1 unspecified atom stereocenters. The van der Waals surface area contributed by atoms with Gasteiger partial charge in [-0.3, -0.25) is 0 Å². The highest BCUT2D eigenvalue weighted by Crippen LogP contribution is 2.50. The molecule has 2 N–H and O–H groups in total. The van der Waals surface area contributed by atoms with Crippen molar-refractivity contribution in [3.8, 4) is 0 Å². The molecule has 1 aliphatic rings. The third-order valence-electron chi connectivity index (χ3n) is 4.19. The summed E-state index contributed by atoms with van der Waals surface area (Å²) in [7, 11) is 2.01. The maximum Gasteiger partial charge on any atom is 0.0208 e. The average Bonchev–Trinajstić information content (AvgIpc) is 2.96. The molecule has 1 aliphatic carbocycles. The molecule has 1 atom stereocenters. The van der Waals surface area contributed by atoms with E-state index in [-0.39, 0.29) is 0 Å². The van der Waals surface area contributed by atoms with Crippen molar-refractivity contribution in [2.24, 2.45) is 11.3 Å². The Labute approximate surface area is 111 Å². The van der Waals surface area contributed by atoms with Crippen molar-refractivity contribution in [1.29, 1.82) is 0 Å². The van der Waals surface area contributed by atoms with E-state index in [0.29, 0.717) is 5.41 Å². The summed E-state index contributed by atoms with van der Waals surface area (Å²) in [5.41, 5.74) is 3.50. The van der Waals surface area contributed by atoms with Gasteiger partial charge in [-0.25, -0.2) is 0 Å². The van der Waals surface area contributed by atoms with Gasteiger partial charge in [0, 0.05) is 6.54 Å². The number of rotatable bonds is 7. The van der Waals surface area contributed by atoms with Gasteiger partial charge in [0.2, 0.25) is 0 Å². The largest absolute Gasteiger partial charge is 0.319 e. The lowest BCUT2D eigenvalue weighted by molar-refractivity contribution is 0.519. The van der Waals surface area contributed by atoms with Gasteiger partial charge in [0.05, 0.1) is 0 Å². The van der Waals surface area contributed by atoms with Crippen molar-refractivity contribution in [1.82, 2.24) is 10.6 Å². The van der Waals surface area contributed by atoms with Gasteiger partial charge in [0.15, 0.2) is 0 Å². The SMILES string of the molecule is CNCCc1ccccc1CNCC1CC1(C)C. The molecule has 0 spiro atoms. The molecule has 0 aromatic heterocycles. The summed E-state index contributed by atoms with van der Waals surface area (Å²) in [5.74, 6) is 0.877. The van der Waals surface area contributed by atoms with E-state index < -0.39 is 0 Å². The first-order valence-electron chi connectivity index (χ1n) is 7.05.